The molecule has 18 heavy (non-hydrogen) atoms. The lowest BCUT2D eigenvalue weighted by Gasteiger charge is -2.27. The molecule has 0 radical (unpaired) electrons. The lowest BCUT2D eigenvalue weighted by molar-refractivity contribution is -0.122. The molecular formula is C15H31NO2. The molecule has 0 aromatic carbocycles. The van der Waals surface area contributed by atoms with Crippen molar-refractivity contribution in [1.82, 2.24) is 5.32 Å². The van der Waals surface area contributed by atoms with E-state index in [-0.39, 0.29) is 17.9 Å². The number of hydrogen-bond donors (Lipinski definition) is 2. The van der Waals surface area contributed by atoms with Gasteiger partial charge in [-0.05, 0) is 30.1 Å². The maximum atomic E-state index is 11.8. The first-order valence-electron chi connectivity index (χ1n) is 7.18. The Labute approximate surface area is 112 Å². The van der Waals surface area contributed by atoms with Crippen molar-refractivity contribution in [2.75, 3.05) is 13.2 Å². The summed E-state index contributed by atoms with van der Waals surface area (Å²) < 4.78 is 0. The molecule has 0 rings (SSSR count). The first kappa shape index (κ1) is 17.4. The van der Waals surface area contributed by atoms with Gasteiger partial charge in [-0.15, -0.1) is 0 Å². The minimum atomic E-state index is 0.136. The third-order valence-corrected chi connectivity index (χ3v) is 3.79. The van der Waals surface area contributed by atoms with Crippen molar-refractivity contribution in [2.45, 2.75) is 60.3 Å². The SMILES string of the molecule is CCCC(CCO)CNC(=O)CC(C)C(C)(C)C. The Bertz CT molecular complexity index is 227. The van der Waals surface area contributed by atoms with Gasteiger partial charge in [-0.25, -0.2) is 0 Å². The predicted molar refractivity (Wildman–Crippen MR) is 76.3 cm³/mol. The molecular weight excluding hydrogens is 226 g/mol. The van der Waals surface area contributed by atoms with E-state index in [1.807, 2.05) is 0 Å². The molecule has 0 aromatic rings. The van der Waals surface area contributed by atoms with Gasteiger partial charge in [0.05, 0.1) is 0 Å². The zero-order valence-electron chi connectivity index (χ0n) is 12.8. The lowest BCUT2D eigenvalue weighted by Crippen LogP contribution is -2.32. The molecule has 0 aliphatic carbocycles. The molecule has 108 valence electrons. The topological polar surface area (TPSA) is 49.3 Å². The van der Waals surface area contributed by atoms with E-state index in [0.29, 0.717) is 24.8 Å². The molecule has 0 aliphatic heterocycles. The summed E-state index contributed by atoms with van der Waals surface area (Å²) in [7, 11) is 0. The molecule has 0 aromatic heterocycles. The van der Waals surface area contributed by atoms with Gasteiger partial charge in [-0.1, -0.05) is 41.0 Å². The number of carbonyl (C=O) groups is 1. The highest BCUT2D eigenvalue weighted by molar-refractivity contribution is 5.76. The fraction of sp³-hybridized carbons (Fsp3) is 0.933. The lowest BCUT2D eigenvalue weighted by atomic mass is 9.80. The summed E-state index contributed by atoms with van der Waals surface area (Å²) in [6.07, 6.45) is 3.53. The summed E-state index contributed by atoms with van der Waals surface area (Å²) in [6, 6.07) is 0. The Morgan fingerprint density at radius 1 is 1.28 bits per heavy atom. The van der Waals surface area contributed by atoms with Gasteiger partial charge in [0.15, 0.2) is 0 Å². The van der Waals surface area contributed by atoms with Crippen LogP contribution in [0.2, 0.25) is 0 Å². The third-order valence-electron chi connectivity index (χ3n) is 3.79. The molecule has 0 fully saturated rings. The minimum Gasteiger partial charge on any atom is -0.396 e. The van der Waals surface area contributed by atoms with Crippen LogP contribution in [0.4, 0.5) is 0 Å². The largest absolute Gasteiger partial charge is 0.396 e. The van der Waals surface area contributed by atoms with Gasteiger partial charge in [-0.2, -0.15) is 0 Å². The zero-order valence-corrected chi connectivity index (χ0v) is 12.8. The van der Waals surface area contributed by atoms with Crippen LogP contribution in [0.25, 0.3) is 0 Å². The van der Waals surface area contributed by atoms with Crippen molar-refractivity contribution in [3.63, 3.8) is 0 Å². The van der Waals surface area contributed by atoms with E-state index in [9.17, 15) is 4.79 Å². The number of hydrogen-bond acceptors (Lipinski definition) is 2. The van der Waals surface area contributed by atoms with Crippen molar-refractivity contribution in [2.24, 2.45) is 17.3 Å². The fourth-order valence-electron chi connectivity index (χ4n) is 1.85. The van der Waals surface area contributed by atoms with Crippen LogP contribution in [-0.2, 0) is 4.79 Å². The average Bonchev–Trinajstić information content (AvgIpc) is 2.25. The molecule has 3 nitrogen and oxygen atoms in total. The van der Waals surface area contributed by atoms with E-state index in [2.05, 4.69) is 39.9 Å². The van der Waals surface area contributed by atoms with Gasteiger partial charge in [-0.3, -0.25) is 4.79 Å². The van der Waals surface area contributed by atoms with Crippen LogP contribution in [0.3, 0.4) is 0 Å². The van der Waals surface area contributed by atoms with E-state index in [0.717, 1.165) is 19.3 Å². The summed E-state index contributed by atoms with van der Waals surface area (Å²) in [6.45, 7) is 11.7. The standard InChI is InChI=1S/C15H31NO2/c1-6-7-13(8-9-17)11-16-14(18)10-12(2)15(3,4)5/h12-13,17H,6-11H2,1-5H3,(H,16,18). The van der Waals surface area contributed by atoms with Crippen molar-refractivity contribution in [3.8, 4) is 0 Å². The van der Waals surface area contributed by atoms with Crippen LogP contribution in [0.5, 0.6) is 0 Å². The van der Waals surface area contributed by atoms with E-state index < -0.39 is 0 Å². The number of amides is 1. The second-order valence-corrected chi connectivity index (χ2v) is 6.44. The van der Waals surface area contributed by atoms with Gasteiger partial charge >= 0.3 is 0 Å². The van der Waals surface area contributed by atoms with E-state index in [1.54, 1.807) is 0 Å². The molecule has 0 spiro atoms. The van der Waals surface area contributed by atoms with Crippen LogP contribution in [-0.4, -0.2) is 24.2 Å². The predicted octanol–water partition coefficient (Wildman–Crippen LogP) is 2.97. The number of aliphatic hydroxyl groups is 1. The third kappa shape index (κ3) is 7.70. The van der Waals surface area contributed by atoms with E-state index >= 15 is 0 Å². The highest BCUT2D eigenvalue weighted by atomic mass is 16.3. The maximum Gasteiger partial charge on any atom is 0.220 e. The molecule has 0 bridgehead atoms. The fourth-order valence-corrected chi connectivity index (χ4v) is 1.85. The highest BCUT2D eigenvalue weighted by Gasteiger charge is 2.22. The first-order chi connectivity index (χ1) is 8.31. The number of carbonyl (C=O) groups excluding carboxylic acids is 1. The van der Waals surface area contributed by atoms with Gasteiger partial charge in [0.25, 0.3) is 0 Å². The first-order valence-corrected chi connectivity index (χ1v) is 7.18. The normalized spacial score (nSPS) is 15.2. The Hall–Kier alpha value is -0.570. The minimum absolute atomic E-state index is 0.136. The summed E-state index contributed by atoms with van der Waals surface area (Å²) in [4.78, 5) is 11.8. The Morgan fingerprint density at radius 2 is 1.89 bits per heavy atom. The summed E-state index contributed by atoms with van der Waals surface area (Å²) in [5, 5.41) is 12.0. The summed E-state index contributed by atoms with van der Waals surface area (Å²) in [5.41, 5.74) is 0.172. The molecule has 2 unspecified atom stereocenters. The van der Waals surface area contributed by atoms with Gasteiger partial charge in [0.1, 0.15) is 0 Å². The second-order valence-electron chi connectivity index (χ2n) is 6.44. The highest BCUT2D eigenvalue weighted by Crippen LogP contribution is 2.27. The molecule has 3 heteroatoms. The second kappa shape index (κ2) is 8.52. The van der Waals surface area contributed by atoms with Crippen LogP contribution in [0, 0.1) is 17.3 Å². The molecule has 0 saturated heterocycles. The number of aliphatic hydroxyl groups excluding tert-OH is 1. The number of rotatable bonds is 8. The number of nitrogens with one attached hydrogen (secondary N) is 1. The summed E-state index contributed by atoms with van der Waals surface area (Å²) >= 11 is 0. The Balaban J connectivity index is 4.00. The smallest absolute Gasteiger partial charge is 0.220 e. The van der Waals surface area contributed by atoms with Crippen LogP contribution in [0.1, 0.15) is 60.3 Å². The van der Waals surface area contributed by atoms with Crippen molar-refractivity contribution < 1.29 is 9.90 Å². The molecule has 0 aliphatic rings. The average molecular weight is 257 g/mol. The van der Waals surface area contributed by atoms with Crippen molar-refractivity contribution >= 4 is 5.91 Å². The zero-order chi connectivity index (χ0) is 14.2. The van der Waals surface area contributed by atoms with Gasteiger partial charge in [0.2, 0.25) is 5.91 Å². The van der Waals surface area contributed by atoms with E-state index in [1.165, 1.54) is 0 Å². The molecule has 0 heterocycles. The molecule has 2 N–H and O–H groups in total. The van der Waals surface area contributed by atoms with Crippen LogP contribution in [0.15, 0.2) is 0 Å². The summed E-state index contributed by atoms with van der Waals surface area (Å²) in [5.74, 6) is 0.922. The molecule has 0 saturated carbocycles. The van der Waals surface area contributed by atoms with Crippen LogP contribution < -0.4 is 5.32 Å². The van der Waals surface area contributed by atoms with Crippen molar-refractivity contribution in [1.29, 1.82) is 0 Å². The van der Waals surface area contributed by atoms with Gasteiger partial charge < -0.3 is 10.4 Å². The molecule has 2 atom stereocenters. The van der Waals surface area contributed by atoms with Crippen LogP contribution >= 0.6 is 0 Å². The maximum absolute atomic E-state index is 11.8. The molecule has 1 amide bonds. The van der Waals surface area contributed by atoms with E-state index in [4.69, 9.17) is 5.11 Å². The Kier molecular flexibility index (Phi) is 8.25. The monoisotopic (exact) mass is 257 g/mol. The Morgan fingerprint density at radius 3 is 2.33 bits per heavy atom. The quantitative estimate of drug-likeness (QED) is 0.702. The van der Waals surface area contributed by atoms with Crippen molar-refractivity contribution in [3.05, 3.63) is 0 Å². The van der Waals surface area contributed by atoms with Gasteiger partial charge in [0, 0.05) is 19.6 Å².